The van der Waals surface area contributed by atoms with Crippen LogP contribution in [0.1, 0.15) is 32.2 Å². The number of hydrogen-bond donors (Lipinski definition) is 2. The lowest BCUT2D eigenvalue weighted by atomic mass is 10.1. The van der Waals surface area contributed by atoms with Gasteiger partial charge in [-0.1, -0.05) is 6.07 Å². The molecule has 25 heavy (non-hydrogen) atoms. The maximum Gasteiger partial charge on any atom is 0.258 e. The van der Waals surface area contributed by atoms with E-state index in [2.05, 4.69) is 14.7 Å². The predicted molar refractivity (Wildman–Crippen MR) is 97.4 cm³/mol. The van der Waals surface area contributed by atoms with Crippen molar-refractivity contribution in [2.24, 2.45) is 0 Å². The Balaban J connectivity index is 1.83. The van der Waals surface area contributed by atoms with Crippen molar-refractivity contribution >= 4 is 28.8 Å². The van der Waals surface area contributed by atoms with Gasteiger partial charge in [-0.3, -0.25) is 9.78 Å². The second-order valence-corrected chi connectivity index (χ2v) is 6.33. The van der Waals surface area contributed by atoms with Crippen LogP contribution in [0.25, 0.3) is 0 Å². The number of nitrogens with zero attached hydrogens (tertiary/aromatic N) is 3. The minimum Gasteiger partial charge on any atom is -0.399 e. The molecule has 7 heteroatoms. The summed E-state index contributed by atoms with van der Waals surface area (Å²) in [4.78, 5) is 17.8. The van der Waals surface area contributed by atoms with Crippen molar-refractivity contribution < 1.29 is 4.79 Å². The quantitative estimate of drug-likeness (QED) is 0.704. The van der Waals surface area contributed by atoms with Crippen LogP contribution in [0, 0.1) is 18.3 Å². The van der Waals surface area contributed by atoms with Gasteiger partial charge in [0.2, 0.25) is 0 Å². The zero-order valence-electron chi connectivity index (χ0n) is 13.5. The van der Waals surface area contributed by atoms with E-state index in [0.29, 0.717) is 34.6 Å². The van der Waals surface area contributed by atoms with Crippen LogP contribution in [0.2, 0.25) is 0 Å². The fourth-order valence-electron chi connectivity index (χ4n) is 2.40. The highest BCUT2D eigenvalue weighted by Crippen LogP contribution is 2.23. The summed E-state index contributed by atoms with van der Waals surface area (Å²) in [5.74, 6) is -0.222. The van der Waals surface area contributed by atoms with Gasteiger partial charge in [-0.15, -0.1) is 0 Å². The topological polar surface area (TPSA) is 105 Å². The molecule has 0 spiro atoms. The number of carbonyl (C=O) groups is 1. The van der Waals surface area contributed by atoms with Gasteiger partial charge in [0.1, 0.15) is 6.07 Å². The summed E-state index contributed by atoms with van der Waals surface area (Å²) in [7, 11) is 0. The molecule has 1 amide bonds. The molecule has 0 radical (unpaired) electrons. The van der Waals surface area contributed by atoms with E-state index in [1.165, 1.54) is 17.7 Å². The Kier molecular flexibility index (Phi) is 4.73. The molecule has 0 unspecified atom stereocenters. The van der Waals surface area contributed by atoms with Crippen molar-refractivity contribution in [3.63, 3.8) is 0 Å². The van der Waals surface area contributed by atoms with Gasteiger partial charge < -0.3 is 11.1 Å². The monoisotopic (exact) mass is 349 g/mol. The molecule has 0 atom stereocenters. The summed E-state index contributed by atoms with van der Waals surface area (Å²) in [6.07, 6.45) is 2.01. The number of nitrogens with two attached hydrogens (primary N) is 1. The van der Waals surface area contributed by atoms with E-state index in [0.717, 1.165) is 10.6 Å². The van der Waals surface area contributed by atoms with Crippen molar-refractivity contribution in [3.05, 3.63) is 70.0 Å². The van der Waals surface area contributed by atoms with E-state index >= 15 is 0 Å². The molecule has 2 aromatic heterocycles. The SMILES string of the molecule is Cc1nsc(Cc2ccc(C#N)cn2)c1C(=O)Nc1cccc(N)c1. The Morgan fingerprint density at radius 3 is 2.88 bits per heavy atom. The highest BCUT2D eigenvalue weighted by Gasteiger charge is 2.19. The van der Waals surface area contributed by atoms with Crippen LogP contribution >= 0.6 is 11.5 Å². The average Bonchev–Trinajstić information content (AvgIpc) is 2.96. The van der Waals surface area contributed by atoms with Gasteiger partial charge in [0.05, 0.1) is 16.8 Å². The van der Waals surface area contributed by atoms with Gasteiger partial charge in [0.15, 0.2) is 0 Å². The van der Waals surface area contributed by atoms with Crippen LogP contribution in [0.3, 0.4) is 0 Å². The number of carbonyl (C=O) groups excluding carboxylic acids is 1. The first kappa shape index (κ1) is 16.6. The molecule has 1 aromatic carbocycles. The highest BCUT2D eigenvalue weighted by molar-refractivity contribution is 7.06. The third-order valence-corrected chi connectivity index (χ3v) is 4.53. The van der Waals surface area contributed by atoms with E-state index in [-0.39, 0.29) is 5.91 Å². The maximum atomic E-state index is 12.7. The Morgan fingerprint density at radius 1 is 1.36 bits per heavy atom. The van der Waals surface area contributed by atoms with Crippen molar-refractivity contribution in [2.45, 2.75) is 13.3 Å². The minimum absolute atomic E-state index is 0.222. The first-order valence-corrected chi connectivity index (χ1v) is 8.31. The second kappa shape index (κ2) is 7.11. The molecule has 0 aliphatic carbocycles. The molecule has 0 aliphatic rings. The Labute approximate surface area is 149 Å². The number of nitriles is 1. The predicted octanol–water partition coefficient (Wildman–Crippen LogP) is 3.14. The lowest BCUT2D eigenvalue weighted by Crippen LogP contribution is -2.14. The summed E-state index contributed by atoms with van der Waals surface area (Å²) in [5.41, 5.74) is 9.48. The van der Waals surface area contributed by atoms with E-state index in [1.807, 2.05) is 6.07 Å². The standard InChI is InChI=1S/C18H15N5OS/c1-11-17(18(24)22-15-4-2-3-13(20)7-15)16(25-23-11)8-14-6-5-12(9-19)10-21-14/h2-7,10H,8,20H2,1H3,(H,22,24). The van der Waals surface area contributed by atoms with Crippen LogP contribution in [-0.4, -0.2) is 15.3 Å². The van der Waals surface area contributed by atoms with Gasteiger partial charge in [-0.05, 0) is 48.8 Å². The van der Waals surface area contributed by atoms with Crippen molar-refractivity contribution in [1.29, 1.82) is 5.26 Å². The number of aromatic nitrogens is 2. The molecule has 3 N–H and O–H groups in total. The summed E-state index contributed by atoms with van der Waals surface area (Å²) >= 11 is 1.28. The molecule has 0 bridgehead atoms. The molecule has 0 saturated carbocycles. The molecule has 0 fully saturated rings. The largest absolute Gasteiger partial charge is 0.399 e. The van der Waals surface area contributed by atoms with E-state index in [1.54, 1.807) is 43.3 Å². The first-order chi connectivity index (χ1) is 12.1. The van der Waals surface area contributed by atoms with Crippen molar-refractivity contribution in [2.75, 3.05) is 11.1 Å². The number of benzene rings is 1. The average molecular weight is 349 g/mol. The summed E-state index contributed by atoms with van der Waals surface area (Å²) in [6, 6.07) is 12.6. The Hall–Kier alpha value is -3.24. The molecule has 124 valence electrons. The molecule has 0 aliphatic heterocycles. The smallest absolute Gasteiger partial charge is 0.258 e. The Bertz CT molecular complexity index is 956. The van der Waals surface area contributed by atoms with Gasteiger partial charge in [0, 0.05) is 34.6 Å². The number of rotatable bonds is 4. The molecule has 6 nitrogen and oxygen atoms in total. The van der Waals surface area contributed by atoms with Crippen LogP contribution in [-0.2, 0) is 6.42 Å². The third kappa shape index (κ3) is 3.82. The van der Waals surface area contributed by atoms with E-state index in [4.69, 9.17) is 11.0 Å². The van der Waals surface area contributed by atoms with E-state index in [9.17, 15) is 4.79 Å². The highest BCUT2D eigenvalue weighted by atomic mass is 32.1. The van der Waals surface area contributed by atoms with Crippen LogP contribution in [0.15, 0.2) is 42.6 Å². The molecule has 3 aromatic rings. The number of hydrogen-bond acceptors (Lipinski definition) is 6. The molecular weight excluding hydrogens is 334 g/mol. The van der Waals surface area contributed by atoms with Crippen molar-refractivity contribution in [3.8, 4) is 6.07 Å². The minimum atomic E-state index is -0.222. The van der Waals surface area contributed by atoms with Crippen LogP contribution in [0.5, 0.6) is 0 Å². The van der Waals surface area contributed by atoms with E-state index < -0.39 is 0 Å². The summed E-state index contributed by atoms with van der Waals surface area (Å²) in [5, 5.41) is 11.7. The lowest BCUT2D eigenvalue weighted by Gasteiger charge is -2.07. The first-order valence-electron chi connectivity index (χ1n) is 7.54. The Morgan fingerprint density at radius 2 is 2.20 bits per heavy atom. The van der Waals surface area contributed by atoms with Gasteiger partial charge >= 0.3 is 0 Å². The number of amides is 1. The number of anilines is 2. The van der Waals surface area contributed by atoms with Crippen molar-refractivity contribution in [1.82, 2.24) is 9.36 Å². The second-order valence-electron chi connectivity index (χ2n) is 5.47. The van der Waals surface area contributed by atoms with Crippen LogP contribution in [0.4, 0.5) is 11.4 Å². The van der Waals surface area contributed by atoms with Gasteiger partial charge in [-0.2, -0.15) is 9.64 Å². The number of aryl methyl sites for hydroxylation is 1. The number of nitrogen functional groups attached to an aromatic ring is 1. The summed E-state index contributed by atoms with van der Waals surface area (Å²) < 4.78 is 4.30. The molecule has 3 rings (SSSR count). The zero-order valence-corrected chi connectivity index (χ0v) is 14.3. The maximum absolute atomic E-state index is 12.7. The number of pyridine rings is 1. The third-order valence-electron chi connectivity index (χ3n) is 3.60. The zero-order chi connectivity index (χ0) is 17.8. The normalized spacial score (nSPS) is 10.2. The fraction of sp³-hybridized carbons (Fsp3) is 0.111. The summed E-state index contributed by atoms with van der Waals surface area (Å²) in [6.45, 7) is 1.81. The number of nitrogens with one attached hydrogen (secondary N) is 1. The van der Waals surface area contributed by atoms with Crippen LogP contribution < -0.4 is 11.1 Å². The molecule has 0 saturated heterocycles. The molecular formula is C18H15N5OS. The van der Waals surface area contributed by atoms with Gasteiger partial charge in [-0.25, -0.2) is 0 Å². The van der Waals surface area contributed by atoms with Gasteiger partial charge in [0.25, 0.3) is 5.91 Å². The lowest BCUT2D eigenvalue weighted by molar-refractivity contribution is 0.102. The fourth-order valence-corrected chi connectivity index (χ4v) is 3.28. The molecule has 2 heterocycles.